The molecule has 1 aliphatic rings. The predicted molar refractivity (Wildman–Crippen MR) is 72.5 cm³/mol. The molecule has 1 heterocycles. The summed E-state index contributed by atoms with van der Waals surface area (Å²) in [5.41, 5.74) is -0.166. The topological polar surface area (TPSA) is 83.9 Å². The molecule has 0 radical (unpaired) electrons. The number of carboxylic acid groups (broad SMARTS) is 1. The fourth-order valence-corrected chi connectivity index (χ4v) is 3.43. The number of benzene rings is 1. The van der Waals surface area contributed by atoms with E-state index in [1.807, 2.05) is 6.08 Å². The summed E-state index contributed by atoms with van der Waals surface area (Å²) in [4.78, 5) is 11.1. The Morgan fingerprint density at radius 1 is 1.35 bits per heavy atom. The number of ether oxygens (including phenoxy) is 1. The smallest absolute Gasteiger partial charge is 0.339 e. The molecule has 1 aliphatic heterocycles. The molecule has 0 saturated carbocycles. The van der Waals surface area contributed by atoms with Crippen molar-refractivity contribution in [2.24, 2.45) is 0 Å². The lowest BCUT2D eigenvalue weighted by atomic mass is 10.2. The van der Waals surface area contributed by atoms with Crippen LogP contribution in [0, 0.1) is 0 Å². The molecule has 0 saturated heterocycles. The number of aromatic carboxylic acids is 1. The summed E-state index contributed by atoms with van der Waals surface area (Å²) < 4.78 is 31.1. The van der Waals surface area contributed by atoms with Crippen LogP contribution < -0.4 is 4.74 Å². The van der Waals surface area contributed by atoms with Crippen LogP contribution in [0.5, 0.6) is 5.75 Å². The van der Waals surface area contributed by atoms with E-state index >= 15 is 0 Å². The van der Waals surface area contributed by atoms with Gasteiger partial charge in [0.05, 0.1) is 12.0 Å². The zero-order valence-electron chi connectivity index (χ0n) is 10.9. The number of rotatable bonds is 4. The molecule has 1 aromatic rings. The highest BCUT2D eigenvalue weighted by molar-refractivity contribution is 7.89. The molecular weight excluding hydrogens is 282 g/mol. The molecule has 7 heteroatoms. The van der Waals surface area contributed by atoms with E-state index in [1.54, 1.807) is 6.08 Å². The predicted octanol–water partition coefficient (Wildman–Crippen LogP) is 1.34. The lowest BCUT2D eigenvalue weighted by Gasteiger charge is -2.23. The molecular formula is C13H15NO5S. The minimum Gasteiger partial charge on any atom is -0.496 e. The van der Waals surface area contributed by atoms with Crippen molar-refractivity contribution in [2.75, 3.05) is 20.2 Å². The summed E-state index contributed by atoms with van der Waals surface area (Å²) in [5.74, 6) is -1.09. The minimum atomic E-state index is -3.68. The Hall–Kier alpha value is -1.86. The average molecular weight is 297 g/mol. The summed E-state index contributed by atoms with van der Waals surface area (Å²) in [6.07, 6.45) is 4.35. The fourth-order valence-electron chi connectivity index (χ4n) is 2.00. The van der Waals surface area contributed by atoms with E-state index in [9.17, 15) is 13.2 Å². The Morgan fingerprint density at radius 3 is 2.65 bits per heavy atom. The van der Waals surface area contributed by atoms with Gasteiger partial charge in [-0.2, -0.15) is 4.31 Å². The van der Waals surface area contributed by atoms with Crippen molar-refractivity contribution in [1.29, 1.82) is 0 Å². The second-order valence-electron chi connectivity index (χ2n) is 4.29. The summed E-state index contributed by atoms with van der Waals surface area (Å²) in [6.45, 7) is 0.698. The zero-order chi connectivity index (χ0) is 14.8. The lowest BCUT2D eigenvalue weighted by molar-refractivity contribution is 0.0693. The Labute approximate surface area is 117 Å². The normalized spacial score (nSPS) is 16.1. The molecule has 1 aromatic carbocycles. The van der Waals surface area contributed by atoms with Gasteiger partial charge in [0.1, 0.15) is 11.3 Å². The minimum absolute atomic E-state index is 0.0361. The van der Waals surface area contributed by atoms with Crippen LogP contribution >= 0.6 is 0 Å². The van der Waals surface area contributed by atoms with Crippen molar-refractivity contribution in [3.05, 3.63) is 35.9 Å². The highest BCUT2D eigenvalue weighted by atomic mass is 32.2. The van der Waals surface area contributed by atoms with Crippen LogP contribution in [0.25, 0.3) is 0 Å². The van der Waals surface area contributed by atoms with E-state index in [-0.39, 0.29) is 16.2 Å². The van der Waals surface area contributed by atoms with E-state index in [2.05, 4.69) is 0 Å². The maximum Gasteiger partial charge on any atom is 0.339 e. The second kappa shape index (κ2) is 5.64. The van der Waals surface area contributed by atoms with E-state index < -0.39 is 16.0 Å². The summed E-state index contributed by atoms with van der Waals surface area (Å²) in [5, 5.41) is 9.10. The first-order valence-electron chi connectivity index (χ1n) is 6.03. The van der Waals surface area contributed by atoms with Gasteiger partial charge in [-0.3, -0.25) is 0 Å². The quantitative estimate of drug-likeness (QED) is 0.848. The van der Waals surface area contributed by atoms with Gasteiger partial charge in [-0.15, -0.1) is 0 Å². The molecule has 0 aliphatic carbocycles. The Kier molecular flexibility index (Phi) is 4.10. The molecule has 0 bridgehead atoms. The van der Waals surface area contributed by atoms with Crippen molar-refractivity contribution < 1.29 is 23.1 Å². The van der Waals surface area contributed by atoms with Crippen LogP contribution in [0.15, 0.2) is 35.2 Å². The summed E-state index contributed by atoms with van der Waals surface area (Å²) in [7, 11) is -2.34. The highest BCUT2D eigenvalue weighted by Gasteiger charge is 2.26. The second-order valence-corrected chi connectivity index (χ2v) is 6.23. The first-order valence-corrected chi connectivity index (χ1v) is 7.47. The first-order chi connectivity index (χ1) is 9.46. The van der Waals surface area contributed by atoms with Crippen LogP contribution in [0.1, 0.15) is 16.8 Å². The monoisotopic (exact) mass is 297 g/mol. The maximum absolute atomic E-state index is 12.4. The van der Waals surface area contributed by atoms with E-state index in [1.165, 1.54) is 23.5 Å². The van der Waals surface area contributed by atoms with Crippen LogP contribution in [-0.4, -0.2) is 44.0 Å². The van der Waals surface area contributed by atoms with Crippen molar-refractivity contribution in [1.82, 2.24) is 4.31 Å². The van der Waals surface area contributed by atoms with Gasteiger partial charge in [0.2, 0.25) is 10.0 Å². The molecule has 0 spiro atoms. The highest BCUT2D eigenvalue weighted by Crippen LogP contribution is 2.25. The molecule has 20 heavy (non-hydrogen) atoms. The SMILES string of the molecule is COc1ccc(S(=O)(=O)N2CC=CCC2)cc1C(=O)O. The van der Waals surface area contributed by atoms with Gasteiger partial charge in [0.25, 0.3) is 0 Å². The standard InChI is InChI=1S/C13H15NO5S/c1-19-12-6-5-10(9-11(12)13(15)16)20(17,18)14-7-3-2-4-8-14/h2-3,5-6,9H,4,7-8H2,1H3,(H,15,16). The maximum atomic E-state index is 12.4. The number of carboxylic acids is 1. The van der Waals surface area contributed by atoms with Crippen LogP contribution in [0.2, 0.25) is 0 Å². The van der Waals surface area contributed by atoms with Gasteiger partial charge in [-0.1, -0.05) is 12.2 Å². The van der Waals surface area contributed by atoms with Crippen molar-refractivity contribution >= 4 is 16.0 Å². The largest absolute Gasteiger partial charge is 0.496 e. The van der Waals surface area contributed by atoms with Crippen molar-refractivity contribution in [2.45, 2.75) is 11.3 Å². The van der Waals surface area contributed by atoms with E-state index in [4.69, 9.17) is 9.84 Å². The van der Waals surface area contributed by atoms with E-state index in [0.29, 0.717) is 19.5 Å². The molecule has 0 aromatic heterocycles. The number of sulfonamides is 1. The van der Waals surface area contributed by atoms with E-state index in [0.717, 1.165) is 6.07 Å². The third-order valence-corrected chi connectivity index (χ3v) is 4.92. The molecule has 1 N–H and O–H groups in total. The average Bonchev–Trinajstić information content (AvgIpc) is 2.47. The molecule has 2 rings (SSSR count). The zero-order valence-corrected chi connectivity index (χ0v) is 11.8. The number of nitrogens with zero attached hydrogens (tertiary/aromatic N) is 1. The number of hydrogen-bond donors (Lipinski definition) is 1. The molecule has 0 atom stereocenters. The van der Waals surface area contributed by atoms with Crippen LogP contribution in [-0.2, 0) is 10.0 Å². The third-order valence-electron chi connectivity index (χ3n) is 3.06. The molecule has 6 nitrogen and oxygen atoms in total. The Balaban J connectivity index is 2.44. The summed E-state index contributed by atoms with van der Waals surface area (Å²) >= 11 is 0. The number of hydrogen-bond acceptors (Lipinski definition) is 4. The van der Waals surface area contributed by atoms with Crippen molar-refractivity contribution in [3.63, 3.8) is 0 Å². The number of carbonyl (C=O) groups is 1. The van der Waals surface area contributed by atoms with Gasteiger partial charge >= 0.3 is 5.97 Å². The van der Waals surface area contributed by atoms with Crippen LogP contribution in [0.3, 0.4) is 0 Å². The first kappa shape index (κ1) is 14.5. The Morgan fingerprint density at radius 2 is 2.10 bits per heavy atom. The van der Waals surface area contributed by atoms with Crippen molar-refractivity contribution in [3.8, 4) is 5.75 Å². The lowest BCUT2D eigenvalue weighted by Crippen LogP contribution is -2.33. The molecule has 108 valence electrons. The van der Waals surface area contributed by atoms with Gasteiger partial charge in [-0.05, 0) is 24.6 Å². The Bertz CT molecular complexity index is 651. The van der Waals surface area contributed by atoms with Gasteiger partial charge in [-0.25, -0.2) is 13.2 Å². The third kappa shape index (κ3) is 2.68. The van der Waals surface area contributed by atoms with Gasteiger partial charge in [0, 0.05) is 13.1 Å². The van der Waals surface area contributed by atoms with Gasteiger partial charge < -0.3 is 9.84 Å². The van der Waals surface area contributed by atoms with Gasteiger partial charge in [0.15, 0.2) is 0 Å². The van der Waals surface area contributed by atoms with Crippen LogP contribution in [0.4, 0.5) is 0 Å². The summed E-state index contributed by atoms with van der Waals surface area (Å²) in [6, 6.07) is 3.85. The fraction of sp³-hybridized carbons (Fsp3) is 0.308. The molecule has 0 unspecified atom stereocenters. The molecule has 0 fully saturated rings. The molecule has 0 amide bonds. The number of methoxy groups -OCH3 is 1.